The maximum atomic E-state index is 11.6. The van der Waals surface area contributed by atoms with Gasteiger partial charge in [0.1, 0.15) is 5.60 Å². The molecule has 2 N–H and O–H groups in total. The molecule has 2 heteroatoms. The van der Waals surface area contributed by atoms with Crippen molar-refractivity contribution >= 4 is 0 Å². The van der Waals surface area contributed by atoms with Crippen LogP contribution in [0.3, 0.4) is 0 Å². The van der Waals surface area contributed by atoms with Gasteiger partial charge in [0, 0.05) is 6.04 Å². The van der Waals surface area contributed by atoms with Gasteiger partial charge in [-0.2, -0.15) is 0 Å². The van der Waals surface area contributed by atoms with Gasteiger partial charge in [-0.3, -0.25) is 0 Å². The summed E-state index contributed by atoms with van der Waals surface area (Å²) in [5.74, 6) is 0. The van der Waals surface area contributed by atoms with Gasteiger partial charge in [-0.15, -0.1) is 0 Å². The quantitative estimate of drug-likeness (QED) is 0.905. The van der Waals surface area contributed by atoms with Crippen LogP contribution < -0.4 is 5.32 Å². The summed E-state index contributed by atoms with van der Waals surface area (Å²) in [7, 11) is 0. The average molecular weight is 281 g/mol. The second-order valence-electron chi connectivity index (χ2n) is 6.15. The van der Waals surface area contributed by atoms with Gasteiger partial charge in [-0.05, 0) is 44.4 Å². The van der Waals surface area contributed by atoms with Crippen LogP contribution in [0, 0.1) is 13.8 Å². The third kappa shape index (κ3) is 2.61. The third-order valence-electron chi connectivity index (χ3n) is 4.55. The van der Waals surface area contributed by atoms with Gasteiger partial charge < -0.3 is 10.4 Å². The van der Waals surface area contributed by atoms with Crippen molar-refractivity contribution in [3.63, 3.8) is 0 Å². The van der Waals surface area contributed by atoms with Crippen molar-refractivity contribution in [2.45, 2.75) is 38.3 Å². The Morgan fingerprint density at radius 1 is 0.905 bits per heavy atom. The van der Waals surface area contributed by atoms with Crippen molar-refractivity contribution in [1.29, 1.82) is 0 Å². The van der Waals surface area contributed by atoms with E-state index in [1.807, 2.05) is 0 Å². The zero-order valence-electron chi connectivity index (χ0n) is 12.8. The van der Waals surface area contributed by atoms with Crippen LogP contribution in [0.4, 0.5) is 0 Å². The Bertz CT molecular complexity index is 549. The fourth-order valence-electron chi connectivity index (χ4n) is 3.23. The molecule has 0 spiro atoms. The Labute approximate surface area is 126 Å². The zero-order valence-corrected chi connectivity index (χ0v) is 12.8. The SMILES string of the molecule is Cc1ccc(C(O)(c2ccc(C)cc2)[C@H]2CCCN2)cc1. The van der Waals surface area contributed by atoms with E-state index in [0.29, 0.717) is 0 Å². The summed E-state index contributed by atoms with van der Waals surface area (Å²) in [6.07, 6.45) is 2.11. The van der Waals surface area contributed by atoms with Gasteiger partial charge in [0.2, 0.25) is 0 Å². The molecule has 110 valence electrons. The average Bonchev–Trinajstić information content (AvgIpc) is 3.02. The minimum Gasteiger partial charge on any atom is -0.379 e. The smallest absolute Gasteiger partial charge is 0.130 e. The van der Waals surface area contributed by atoms with Crippen LogP contribution in [0.15, 0.2) is 48.5 Å². The third-order valence-corrected chi connectivity index (χ3v) is 4.55. The summed E-state index contributed by atoms with van der Waals surface area (Å²) in [5.41, 5.74) is 3.40. The molecule has 0 bridgehead atoms. The highest BCUT2D eigenvalue weighted by Crippen LogP contribution is 2.36. The topological polar surface area (TPSA) is 32.3 Å². The van der Waals surface area contributed by atoms with Crippen LogP contribution in [-0.2, 0) is 5.60 Å². The maximum Gasteiger partial charge on any atom is 0.130 e. The van der Waals surface area contributed by atoms with Crippen LogP contribution in [0.5, 0.6) is 0 Å². The Morgan fingerprint density at radius 2 is 1.38 bits per heavy atom. The van der Waals surface area contributed by atoms with Gasteiger partial charge >= 0.3 is 0 Å². The monoisotopic (exact) mass is 281 g/mol. The highest BCUT2D eigenvalue weighted by molar-refractivity contribution is 5.40. The second kappa shape index (κ2) is 5.63. The number of aliphatic hydroxyl groups is 1. The largest absolute Gasteiger partial charge is 0.379 e. The Balaban J connectivity index is 2.09. The number of aryl methyl sites for hydroxylation is 2. The summed E-state index contributed by atoms with van der Waals surface area (Å²) < 4.78 is 0. The van der Waals surface area contributed by atoms with E-state index < -0.39 is 5.60 Å². The number of rotatable bonds is 3. The molecule has 0 saturated carbocycles. The number of hydrogen-bond acceptors (Lipinski definition) is 2. The fourth-order valence-corrected chi connectivity index (χ4v) is 3.23. The van der Waals surface area contributed by atoms with E-state index >= 15 is 0 Å². The van der Waals surface area contributed by atoms with E-state index in [1.54, 1.807) is 0 Å². The van der Waals surface area contributed by atoms with Gasteiger partial charge in [0.05, 0.1) is 0 Å². The van der Waals surface area contributed by atoms with E-state index in [1.165, 1.54) is 11.1 Å². The molecule has 3 rings (SSSR count). The highest BCUT2D eigenvalue weighted by atomic mass is 16.3. The summed E-state index contributed by atoms with van der Waals surface area (Å²) in [6.45, 7) is 5.12. The molecule has 0 amide bonds. The van der Waals surface area contributed by atoms with Crippen molar-refractivity contribution in [3.8, 4) is 0 Å². The number of nitrogens with one attached hydrogen (secondary N) is 1. The van der Waals surface area contributed by atoms with Crippen molar-refractivity contribution in [2.24, 2.45) is 0 Å². The minimum absolute atomic E-state index is 0.0721. The Kier molecular flexibility index (Phi) is 3.83. The van der Waals surface area contributed by atoms with Crippen LogP contribution in [0.25, 0.3) is 0 Å². The molecule has 0 aliphatic carbocycles. The standard InChI is InChI=1S/C19H23NO/c1-14-5-9-16(10-6-14)19(21,18-4-3-13-20-18)17-11-7-15(2)8-12-17/h5-12,18,20-21H,3-4,13H2,1-2H3/t18-/m1/s1. The first-order chi connectivity index (χ1) is 10.1. The molecular formula is C19H23NO. The first kappa shape index (κ1) is 14.3. The molecule has 0 radical (unpaired) electrons. The summed E-state index contributed by atoms with van der Waals surface area (Å²) in [4.78, 5) is 0. The summed E-state index contributed by atoms with van der Waals surface area (Å²) in [5, 5.41) is 15.0. The minimum atomic E-state index is -0.960. The van der Waals surface area contributed by atoms with E-state index in [9.17, 15) is 5.11 Å². The molecule has 2 aromatic rings. The normalized spacial score (nSPS) is 18.9. The lowest BCUT2D eigenvalue weighted by atomic mass is 9.79. The Morgan fingerprint density at radius 3 is 1.76 bits per heavy atom. The lowest BCUT2D eigenvalue weighted by Crippen LogP contribution is -2.46. The van der Waals surface area contributed by atoms with Crippen LogP contribution in [0.2, 0.25) is 0 Å². The predicted octanol–water partition coefficient (Wildman–Crippen LogP) is 3.29. The summed E-state index contributed by atoms with van der Waals surface area (Å²) in [6, 6.07) is 16.6. The van der Waals surface area contributed by atoms with Crippen molar-refractivity contribution in [1.82, 2.24) is 5.32 Å². The van der Waals surface area contributed by atoms with Gasteiger partial charge in [0.15, 0.2) is 0 Å². The van der Waals surface area contributed by atoms with Crippen LogP contribution >= 0.6 is 0 Å². The zero-order chi connectivity index (χ0) is 14.9. The van der Waals surface area contributed by atoms with Gasteiger partial charge in [-0.25, -0.2) is 0 Å². The molecule has 1 saturated heterocycles. The van der Waals surface area contributed by atoms with Crippen molar-refractivity contribution < 1.29 is 5.11 Å². The highest BCUT2D eigenvalue weighted by Gasteiger charge is 2.41. The number of benzene rings is 2. The van der Waals surface area contributed by atoms with Crippen molar-refractivity contribution in [2.75, 3.05) is 6.54 Å². The molecule has 0 unspecified atom stereocenters. The molecule has 1 aliphatic rings. The second-order valence-corrected chi connectivity index (χ2v) is 6.15. The van der Waals surface area contributed by atoms with Crippen LogP contribution in [0.1, 0.15) is 35.1 Å². The first-order valence-corrected chi connectivity index (χ1v) is 7.71. The van der Waals surface area contributed by atoms with E-state index in [4.69, 9.17) is 0 Å². The molecule has 0 aromatic heterocycles. The fraction of sp³-hybridized carbons (Fsp3) is 0.368. The van der Waals surface area contributed by atoms with Crippen molar-refractivity contribution in [3.05, 3.63) is 70.8 Å². The predicted molar refractivity (Wildman–Crippen MR) is 86.4 cm³/mol. The maximum absolute atomic E-state index is 11.6. The van der Waals surface area contributed by atoms with E-state index in [-0.39, 0.29) is 6.04 Å². The lowest BCUT2D eigenvalue weighted by molar-refractivity contribution is 0.0442. The first-order valence-electron chi connectivity index (χ1n) is 7.71. The molecule has 1 fully saturated rings. The number of hydrogen-bond donors (Lipinski definition) is 2. The van der Waals surface area contributed by atoms with E-state index in [0.717, 1.165) is 30.5 Å². The molecule has 1 aliphatic heterocycles. The van der Waals surface area contributed by atoms with Crippen LogP contribution in [-0.4, -0.2) is 17.7 Å². The van der Waals surface area contributed by atoms with Gasteiger partial charge in [0.25, 0.3) is 0 Å². The molecule has 2 nitrogen and oxygen atoms in total. The lowest BCUT2D eigenvalue weighted by Gasteiger charge is -2.35. The van der Waals surface area contributed by atoms with Gasteiger partial charge in [-0.1, -0.05) is 59.7 Å². The summed E-state index contributed by atoms with van der Waals surface area (Å²) >= 11 is 0. The molecule has 21 heavy (non-hydrogen) atoms. The molecule has 2 aromatic carbocycles. The molecular weight excluding hydrogens is 258 g/mol. The Hall–Kier alpha value is -1.64. The molecule has 1 atom stereocenters. The van der Waals surface area contributed by atoms with E-state index in [2.05, 4.69) is 67.7 Å². The molecule has 1 heterocycles.